The van der Waals surface area contributed by atoms with Gasteiger partial charge in [-0.25, -0.2) is 0 Å². The van der Waals surface area contributed by atoms with Crippen molar-refractivity contribution in [1.82, 2.24) is 5.32 Å². The number of hydrogen-bond donors (Lipinski definition) is 2. The van der Waals surface area contributed by atoms with Gasteiger partial charge < -0.3 is 15.8 Å². The molecule has 0 spiro atoms. The maximum Gasteiger partial charge on any atom is 0.121 e. The van der Waals surface area contributed by atoms with Crippen molar-refractivity contribution in [3.05, 3.63) is 41.1 Å². The van der Waals surface area contributed by atoms with E-state index in [1.54, 1.807) is 18.2 Å². The molecule has 1 aromatic rings. The van der Waals surface area contributed by atoms with Crippen LogP contribution in [0.5, 0.6) is 5.75 Å². The second kappa shape index (κ2) is 6.07. The average Bonchev–Trinajstić information content (AvgIpc) is 2.43. The number of halogens is 1. The molecule has 0 unspecified atom stereocenters. The molecule has 0 heterocycles. The maximum atomic E-state index is 8.95. The van der Waals surface area contributed by atoms with Gasteiger partial charge in [0.1, 0.15) is 17.9 Å². The predicted molar refractivity (Wildman–Crippen MR) is 93.3 cm³/mol. The van der Waals surface area contributed by atoms with Gasteiger partial charge in [0.15, 0.2) is 0 Å². The molecule has 0 radical (unpaired) electrons. The Balaban J connectivity index is 2.16. The fourth-order valence-electron chi connectivity index (χ4n) is 3.98. The van der Waals surface area contributed by atoms with Crippen LogP contribution < -0.4 is 15.8 Å². The SMILES string of the molecule is C=C(N)CN[C@H]1C(C)(C)[C@H](Oc2ccc(C#N)c(Cl)c2)C1(C)C. The highest BCUT2D eigenvalue weighted by molar-refractivity contribution is 6.31. The smallest absolute Gasteiger partial charge is 0.121 e. The van der Waals surface area contributed by atoms with E-state index in [-0.39, 0.29) is 23.0 Å². The lowest BCUT2D eigenvalue weighted by Crippen LogP contribution is -2.74. The third kappa shape index (κ3) is 3.17. The van der Waals surface area contributed by atoms with E-state index in [9.17, 15) is 0 Å². The molecule has 4 nitrogen and oxygen atoms in total. The van der Waals surface area contributed by atoms with Gasteiger partial charge in [0.25, 0.3) is 0 Å². The molecule has 0 aliphatic heterocycles. The zero-order valence-electron chi connectivity index (χ0n) is 14.1. The maximum absolute atomic E-state index is 8.95. The lowest BCUT2D eigenvalue weighted by molar-refractivity contribution is -0.167. The molecule has 1 aliphatic rings. The minimum atomic E-state index is -0.0701. The quantitative estimate of drug-likeness (QED) is 0.865. The molecule has 0 saturated heterocycles. The van der Waals surface area contributed by atoms with E-state index in [4.69, 9.17) is 27.3 Å². The molecule has 1 fully saturated rings. The normalized spacial score (nSPS) is 24.3. The van der Waals surface area contributed by atoms with Gasteiger partial charge in [0.2, 0.25) is 0 Å². The summed E-state index contributed by atoms with van der Waals surface area (Å²) in [6.07, 6.45) is 0.0162. The highest BCUT2D eigenvalue weighted by Crippen LogP contribution is 2.55. The third-order valence-corrected chi connectivity index (χ3v) is 5.00. The summed E-state index contributed by atoms with van der Waals surface area (Å²) >= 11 is 6.09. The van der Waals surface area contributed by atoms with E-state index < -0.39 is 0 Å². The molecule has 0 bridgehead atoms. The second-order valence-electron chi connectivity index (χ2n) is 7.37. The first-order valence-corrected chi connectivity index (χ1v) is 8.01. The number of ether oxygens (including phenoxy) is 1. The zero-order valence-corrected chi connectivity index (χ0v) is 14.9. The molecular formula is C18H24ClN3O. The minimum absolute atomic E-state index is 0.0162. The van der Waals surface area contributed by atoms with Crippen molar-refractivity contribution in [3.63, 3.8) is 0 Å². The lowest BCUT2D eigenvalue weighted by atomic mass is 9.49. The van der Waals surface area contributed by atoms with E-state index in [0.717, 1.165) is 0 Å². The Morgan fingerprint density at radius 2 is 2.00 bits per heavy atom. The molecule has 2 rings (SSSR count). The van der Waals surface area contributed by atoms with Crippen LogP contribution in [0.2, 0.25) is 5.02 Å². The number of benzene rings is 1. The van der Waals surface area contributed by atoms with Gasteiger partial charge in [-0.05, 0) is 12.1 Å². The Morgan fingerprint density at radius 1 is 1.39 bits per heavy atom. The van der Waals surface area contributed by atoms with Crippen molar-refractivity contribution in [3.8, 4) is 11.8 Å². The second-order valence-corrected chi connectivity index (χ2v) is 7.77. The Hall–Kier alpha value is -1.70. The minimum Gasteiger partial charge on any atom is -0.489 e. The molecule has 3 N–H and O–H groups in total. The number of nitrogens with one attached hydrogen (secondary N) is 1. The van der Waals surface area contributed by atoms with E-state index in [1.807, 2.05) is 0 Å². The first-order chi connectivity index (χ1) is 10.6. The van der Waals surface area contributed by atoms with Gasteiger partial charge in [-0.2, -0.15) is 5.26 Å². The molecule has 23 heavy (non-hydrogen) atoms. The van der Waals surface area contributed by atoms with Gasteiger partial charge in [-0.15, -0.1) is 0 Å². The van der Waals surface area contributed by atoms with Crippen LogP contribution in [-0.4, -0.2) is 18.7 Å². The summed E-state index contributed by atoms with van der Waals surface area (Å²) in [6, 6.07) is 7.49. The Kier molecular flexibility index (Phi) is 4.66. The van der Waals surface area contributed by atoms with Crippen molar-refractivity contribution >= 4 is 11.6 Å². The van der Waals surface area contributed by atoms with E-state index in [2.05, 4.69) is 45.7 Å². The Labute approximate surface area is 143 Å². The summed E-state index contributed by atoms with van der Waals surface area (Å²) in [4.78, 5) is 0. The predicted octanol–water partition coefficient (Wildman–Crippen LogP) is 3.46. The summed E-state index contributed by atoms with van der Waals surface area (Å²) in [5, 5.41) is 12.8. The van der Waals surface area contributed by atoms with Crippen LogP contribution in [0.3, 0.4) is 0 Å². The number of nitrogens with two attached hydrogens (primary N) is 1. The van der Waals surface area contributed by atoms with Crippen molar-refractivity contribution in [2.45, 2.75) is 39.8 Å². The highest BCUT2D eigenvalue weighted by atomic mass is 35.5. The third-order valence-electron chi connectivity index (χ3n) is 4.69. The lowest BCUT2D eigenvalue weighted by Gasteiger charge is -2.63. The standard InChI is InChI=1S/C18H24ClN3O/c1-11(21)10-22-15-17(2,3)16(18(15,4)5)23-13-7-6-12(9-20)14(19)8-13/h6-8,15-16,22H,1,10,21H2,2-5H3/t15-,16-. The fraction of sp³-hybridized carbons (Fsp3) is 0.500. The first-order valence-electron chi connectivity index (χ1n) is 7.63. The van der Waals surface area contributed by atoms with Crippen molar-refractivity contribution in [1.29, 1.82) is 5.26 Å². The van der Waals surface area contributed by atoms with Gasteiger partial charge in [-0.1, -0.05) is 45.9 Å². The van der Waals surface area contributed by atoms with Crippen molar-refractivity contribution in [2.24, 2.45) is 16.6 Å². The van der Waals surface area contributed by atoms with Crippen LogP contribution in [0, 0.1) is 22.2 Å². The van der Waals surface area contributed by atoms with Gasteiger partial charge >= 0.3 is 0 Å². The summed E-state index contributed by atoms with van der Waals surface area (Å²) in [5.41, 5.74) is 6.61. The van der Waals surface area contributed by atoms with E-state index in [0.29, 0.717) is 28.6 Å². The van der Waals surface area contributed by atoms with Crippen molar-refractivity contribution in [2.75, 3.05) is 6.54 Å². The molecule has 1 saturated carbocycles. The number of nitriles is 1. The van der Waals surface area contributed by atoms with Crippen LogP contribution in [0.4, 0.5) is 0 Å². The van der Waals surface area contributed by atoms with E-state index >= 15 is 0 Å². The average molecular weight is 334 g/mol. The molecule has 0 aromatic heterocycles. The molecular weight excluding hydrogens is 310 g/mol. The first kappa shape index (κ1) is 17.7. The molecule has 0 amide bonds. The van der Waals surface area contributed by atoms with Crippen LogP contribution >= 0.6 is 11.6 Å². The van der Waals surface area contributed by atoms with Crippen LogP contribution in [-0.2, 0) is 0 Å². The number of nitrogens with zero attached hydrogens (tertiary/aromatic N) is 1. The fourth-order valence-corrected chi connectivity index (χ4v) is 4.20. The van der Waals surface area contributed by atoms with Crippen LogP contribution in [0.25, 0.3) is 0 Å². The Bertz CT molecular complexity index is 645. The monoisotopic (exact) mass is 333 g/mol. The van der Waals surface area contributed by atoms with Gasteiger partial charge in [0.05, 0.1) is 10.6 Å². The van der Waals surface area contributed by atoms with Crippen molar-refractivity contribution < 1.29 is 4.74 Å². The number of rotatable bonds is 5. The number of hydrogen-bond acceptors (Lipinski definition) is 4. The summed E-state index contributed by atoms with van der Waals surface area (Å²) in [5.74, 6) is 0.682. The van der Waals surface area contributed by atoms with Gasteiger partial charge in [0, 0.05) is 35.2 Å². The molecule has 1 aliphatic carbocycles. The van der Waals surface area contributed by atoms with Gasteiger partial charge in [-0.3, -0.25) is 0 Å². The Morgan fingerprint density at radius 3 is 2.48 bits per heavy atom. The van der Waals surface area contributed by atoms with Crippen LogP contribution in [0.1, 0.15) is 33.3 Å². The molecule has 0 atom stereocenters. The highest BCUT2D eigenvalue weighted by Gasteiger charge is 2.63. The molecule has 124 valence electrons. The van der Waals surface area contributed by atoms with Crippen LogP contribution in [0.15, 0.2) is 30.5 Å². The summed E-state index contributed by atoms with van der Waals surface area (Å²) in [7, 11) is 0. The largest absolute Gasteiger partial charge is 0.489 e. The summed E-state index contributed by atoms with van der Waals surface area (Å²) in [6.45, 7) is 13.0. The molecule has 1 aromatic carbocycles. The summed E-state index contributed by atoms with van der Waals surface area (Å²) < 4.78 is 6.21. The van der Waals surface area contributed by atoms with E-state index in [1.165, 1.54) is 0 Å². The zero-order chi connectivity index (χ0) is 17.4. The molecule has 5 heteroatoms. The topological polar surface area (TPSA) is 71.1 Å².